The zero-order chi connectivity index (χ0) is 21.5. The van der Waals surface area contributed by atoms with Crippen molar-refractivity contribution in [2.24, 2.45) is 5.92 Å². The highest BCUT2D eigenvalue weighted by atomic mass is 32.1. The van der Waals surface area contributed by atoms with Crippen molar-refractivity contribution in [3.8, 4) is 10.6 Å². The molecule has 0 fully saturated rings. The summed E-state index contributed by atoms with van der Waals surface area (Å²) in [5.74, 6) is -0.495. The topological polar surface area (TPSA) is 84.0 Å². The highest BCUT2D eigenvalue weighted by Gasteiger charge is 2.25. The SMILES string of the molecule is Cc1cccc(-c2nnc(NC(=O)C(NC(=O)CCc3ccccc3)C(C)C)s2)c1. The second kappa shape index (κ2) is 10.1. The van der Waals surface area contributed by atoms with Gasteiger partial charge in [-0.25, -0.2) is 0 Å². The van der Waals surface area contributed by atoms with Crippen LogP contribution in [0.25, 0.3) is 10.6 Å². The Balaban J connectivity index is 1.59. The van der Waals surface area contributed by atoms with Crippen molar-refractivity contribution < 1.29 is 9.59 Å². The number of hydrogen-bond acceptors (Lipinski definition) is 5. The van der Waals surface area contributed by atoms with Crippen molar-refractivity contribution in [2.45, 2.75) is 39.7 Å². The Bertz CT molecular complexity index is 1000. The number of hydrogen-bond donors (Lipinski definition) is 2. The van der Waals surface area contributed by atoms with E-state index >= 15 is 0 Å². The zero-order valence-electron chi connectivity index (χ0n) is 17.4. The van der Waals surface area contributed by atoms with Gasteiger partial charge >= 0.3 is 0 Å². The molecular weight excluding hydrogens is 396 g/mol. The number of aryl methyl sites for hydroxylation is 2. The predicted octanol–water partition coefficient (Wildman–Crippen LogP) is 4.23. The summed E-state index contributed by atoms with van der Waals surface area (Å²) in [6.07, 6.45) is 0.964. The lowest BCUT2D eigenvalue weighted by Gasteiger charge is -2.21. The van der Waals surface area contributed by atoms with Crippen LogP contribution in [0.4, 0.5) is 5.13 Å². The zero-order valence-corrected chi connectivity index (χ0v) is 18.2. The number of benzene rings is 2. The van der Waals surface area contributed by atoms with Crippen LogP contribution >= 0.6 is 11.3 Å². The van der Waals surface area contributed by atoms with E-state index in [-0.39, 0.29) is 17.7 Å². The first kappa shape index (κ1) is 21.6. The Morgan fingerprint density at radius 2 is 1.80 bits per heavy atom. The molecule has 0 saturated heterocycles. The Kier molecular flexibility index (Phi) is 7.30. The molecule has 3 aromatic rings. The molecule has 2 N–H and O–H groups in total. The van der Waals surface area contributed by atoms with E-state index in [1.54, 1.807) is 0 Å². The van der Waals surface area contributed by atoms with Crippen molar-refractivity contribution in [1.29, 1.82) is 0 Å². The third-order valence-electron chi connectivity index (χ3n) is 4.67. The number of aromatic nitrogens is 2. The van der Waals surface area contributed by atoms with Gasteiger partial charge in [-0.05, 0) is 30.9 Å². The molecule has 7 heteroatoms. The van der Waals surface area contributed by atoms with Gasteiger partial charge in [-0.3, -0.25) is 14.9 Å². The van der Waals surface area contributed by atoms with Crippen LogP contribution in [0, 0.1) is 12.8 Å². The minimum Gasteiger partial charge on any atom is -0.344 e. The van der Waals surface area contributed by atoms with E-state index in [2.05, 4.69) is 20.8 Å². The first-order chi connectivity index (χ1) is 14.4. The molecule has 0 aliphatic rings. The summed E-state index contributed by atoms with van der Waals surface area (Å²) in [7, 11) is 0. The highest BCUT2D eigenvalue weighted by Crippen LogP contribution is 2.27. The summed E-state index contributed by atoms with van der Waals surface area (Å²) in [5.41, 5.74) is 3.18. The van der Waals surface area contributed by atoms with Gasteiger partial charge in [0.15, 0.2) is 0 Å². The van der Waals surface area contributed by atoms with E-state index < -0.39 is 6.04 Å². The van der Waals surface area contributed by atoms with Crippen molar-refractivity contribution in [3.05, 3.63) is 65.7 Å². The van der Waals surface area contributed by atoms with Crippen LogP contribution in [0.15, 0.2) is 54.6 Å². The fourth-order valence-corrected chi connectivity index (χ4v) is 3.78. The lowest BCUT2D eigenvalue weighted by atomic mass is 10.0. The minimum atomic E-state index is -0.639. The number of nitrogens with one attached hydrogen (secondary N) is 2. The van der Waals surface area contributed by atoms with Gasteiger partial charge in [-0.1, -0.05) is 79.3 Å². The number of nitrogens with zero attached hydrogens (tertiary/aromatic N) is 2. The number of carbonyl (C=O) groups excluding carboxylic acids is 2. The number of amides is 2. The maximum absolute atomic E-state index is 12.8. The molecule has 1 heterocycles. The lowest BCUT2D eigenvalue weighted by Crippen LogP contribution is -2.47. The van der Waals surface area contributed by atoms with Gasteiger partial charge in [0, 0.05) is 12.0 Å². The summed E-state index contributed by atoms with van der Waals surface area (Å²) < 4.78 is 0. The third kappa shape index (κ3) is 5.97. The number of anilines is 1. The van der Waals surface area contributed by atoms with Crippen LogP contribution in [0.2, 0.25) is 0 Å². The molecule has 0 aliphatic carbocycles. The predicted molar refractivity (Wildman–Crippen MR) is 120 cm³/mol. The normalized spacial score (nSPS) is 11.9. The average Bonchev–Trinajstić information content (AvgIpc) is 3.19. The highest BCUT2D eigenvalue weighted by molar-refractivity contribution is 7.18. The van der Waals surface area contributed by atoms with Gasteiger partial charge in [0.25, 0.3) is 0 Å². The maximum atomic E-state index is 12.8. The maximum Gasteiger partial charge on any atom is 0.249 e. The Morgan fingerprint density at radius 1 is 1.03 bits per heavy atom. The van der Waals surface area contributed by atoms with Crippen LogP contribution in [0.1, 0.15) is 31.4 Å². The van der Waals surface area contributed by atoms with E-state index in [1.165, 1.54) is 11.3 Å². The van der Waals surface area contributed by atoms with E-state index in [0.717, 1.165) is 21.7 Å². The van der Waals surface area contributed by atoms with Gasteiger partial charge in [-0.2, -0.15) is 0 Å². The molecule has 0 aliphatic heterocycles. The molecule has 0 radical (unpaired) electrons. The molecule has 156 valence electrons. The largest absolute Gasteiger partial charge is 0.344 e. The quantitative estimate of drug-likeness (QED) is 0.569. The number of rotatable bonds is 8. The molecule has 1 aromatic heterocycles. The van der Waals surface area contributed by atoms with Gasteiger partial charge in [0.05, 0.1) is 0 Å². The van der Waals surface area contributed by atoms with Gasteiger partial charge in [0.2, 0.25) is 16.9 Å². The fourth-order valence-electron chi connectivity index (χ4n) is 3.03. The first-order valence-electron chi connectivity index (χ1n) is 9.97. The summed E-state index contributed by atoms with van der Waals surface area (Å²) in [4.78, 5) is 25.2. The van der Waals surface area contributed by atoms with Crippen LogP contribution < -0.4 is 10.6 Å². The van der Waals surface area contributed by atoms with Gasteiger partial charge < -0.3 is 5.32 Å². The molecule has 0 spiro atoms. The van der Waals surface area contributed by atoms with Crippen molar-refractivity contribution in [3.63, 3.8) is 0 Å². The fraction of sp³-hybridized carbons (Fsp3) is 0.304. The Labute approximate surface area is 180 Å². The lowest BCUT2D eigenvalue weighted by molar-refractivity contribution is -0.127. The minimum absolute atomic E-state index is 0.0603. The van der Waals surface area contributed by atoms with Crippen LogP contribution in [-0.4, -0.2) is 28.1 Å². The standard InChI is InChI=1S/C23H26N4O2S/c1-15(2)20(24-19(28)13-12-17-9-5-4-6-10-17)21(29)25-23-27-26-22(30-23)18-11-7-8-16(3)14-18/h4-11,14-15,20H,12-13H2,1-3H3,(H,24,28)(H,25,27,29). The molecular formula is C23H26N4O2S. The molecule has 1 atom stereocenters. The first-order valence-corrected chi connectivity index (χ1v) is 10.8. The third-order valence-corrected chi connectivity index (χ3v) is 5.56. The van der Waals surface area contributed by atoms with Crippen LogP contribution in [0.5, 0.6) is 0 Å². The summed E-state index contributed by atoms with van der Waals surface area (Å²) >= 11 is 1.31. The molecule has 3 rings (SSSR count). The smallest absolute Gasteiger partial charge is 0.249 e. The summed E-state index contributed by atoms with van der Waals surface area (Å²) in [5, 5.41) is 15.1. The Hall–Kier alpha value is -3.06. The molecule has 2 aromatic carbocycles. The van der Waals surface area contributed by atoms with Gasteiger partial charge in [0.1, 0.15) is 11.0 Å². The molecule has 0 bridgehead atoms. The summed E-state index contributed by atoms with van der Waals surface area (Å²) in [6.45, 7) is 5.82. The second-order valence-corrected chi connectivity index (χ2v) is 8.52. The van der Waals surface area contributed by atoms with E-state index in [0.29, 0.717) is 18.0 Å². The molecule has 6 nitrogen and oxygen atoms in total. The second-order valence-electron chi connectivity index (χ2n) is 7.55. The van der Waals surface area contributed by atoms with Crippen molar-refractivity contribution in [1.82, 2.24) is 15.5 Å². The molecule has 0 saturated carbocycles. The number of carbonyl (C=O) groups is 2. The van der Waals surface area contributed by atoms with Crippen molar-refractivity contribution >= 4 is 28.3 Å². The average molecular weight is 423 g/mol. The monoisotopic (exact) mass is 422 g/mol. The van der Waals surface area contributed by atoms with E-state index in [1.807, 2.05) is 75.4 Å². The van der Waals surface area contributed by atoms with E-state index in [9.17, 15) is 9.59 Å². The molecule has 2 amide bonds. The van der Waals surface area contributed by atoms with E-state index in [4.69, 9.17) is 0 Å². The summed E-state index contributed by atoms with van der Waals surface area (Å²) in [6, 6.07) is 17.1. The van der Waals surface area contributed by atoms with Crippen molar-refractivity contribution in [2.75, 3.05) is 5.32 Å². The molecule has 1 unspecified atom stereocenters. The molecule has 30 heavy (non-hydrogen) atoms. The van der Waals surface area contributed by atoms with Crippen LogP contribution in [0.3, 0.4) is 0 Å². The van der Waals surface area contributed by atoms with Gasteiger partial charge in [-0.15, -0.1) is 10.2 Å². The van der Waals surface area contributed by atoms with Crippen LogP contribution in [-0.2, 0) is 16.0 Å². The Morgan fingerprint density at radius 3 is 2.50 bits per heavy atom.